The molecule has 2 aromatic rings. The lowest BCUT2D eigenvalue weighted by molar-refractivity contribution is -0.151. The van der Waals surface area contributed by atoms with Crippen molar-refractivity contribution in [2.24, 2.45) is 5.92 Å². The number of benzene rings is 1. The van der Waals surface area contributed by atoms with E-state index >= 15 is 0 Å². The van der Waals surface area contributed by atoms with E-state index in [2.05, 4.69) is 0 Å². The predicted octanol–water partition coefficient (Wildman–Crippen LogP) is 3.11. The SMILES string of the molecule is CCOC(=O)C1CCN(C(=O)CN(C)C(=O)c2cc(C)n(-c3ccc(F)cc3)c2C)CC1. The summed E-state index contributed by atoms with van der Waals surface area (Å²) in [5.41, 5.74) is 2.85. The lowest BCUT2D eigenvalue weighted by Gasteiger charge is -2.32. The fraction of sp³-hybridized carbons (Fsp3) is 0.458. The van der Waals surface area contributed by atoms with Crippen LogP contribution in [-0.4, -0.2) is 65.4 Å². The molecule has 0 unspecified atom stereocenters. The molecule has 1 fully saturated rings. The van der Waals surface area contributed by atoms with Crippen LogP contribution in [-0.2, 0) is 14.3 Å². The van der Waals surface area contributed by atoms with Gasteiger partial charge in [-0.1, -0.05) is 0 Å². The molecule has 0 aliphatic carbocycles. The minimum Gasteiger partial charge on any atom is -0.466 e. The second kappa shape index (κ2) is 9.97. The Morgan fingerprint density at radius 3 is 2.34 bits per heavy atom. The van der Waals surface area contributed by atoms with Gasteiger partial charge in [-0.25, -0.2) is 4.39 Å². The maximum absolute atomic E-state index is 13.3. The molecule has 7 nitrogen and oxygen atoms in total. The van der Waals surface area contributed by atoms with Gasteiger partial charge in [0.15, 0.2) is 0 Å². The summed E-state index contributed by atoms with van der Waals surface area (Å²) in [5, 5.41) is 0. The van der Waals surface area contributed by atoms with Crippen LogP contribution >= 0.6 is 0 Å². The van der Waals surface area contributed by atoms with Crippen molar-refractivity contribution in [1.82, 2.24) is 14.4 Å². The first-order valence-corrected chi connectivity index (χ1v) is 10.9. The van der Waals surface area contributed by atoms with Gasteiger partial charge in [0.1, 0.15) is 5.82 Å². The highest BCUT2D eigenvalue weighted by molar-refractivity contribution is 5.97. The van der Waals surface area contributed by atoms with E-state index in [1.165, 1.54) is 17.0 Å². The quantitative estimate of drug-likeness (QED) is 0.644. The Morgan fingerprint density at radius 2 is 1.75 bits per heavy atom. The number of esters is 1. The minimum absolute atomic E-state index is 0.0386. The summed E-state index contributed by atoms with van der Waals surface area (Å²) in [6.07, 6.45) is 1.14. The van der Waals surface area contributed by atoms with Crippen molar-refractivity contribution in [2.75, 3.05) is 33.3 Å². The summed E-state index contributed by atoms with van der Waals surface area (Å²) < 4.78 is 20.2. The molecule has 0 spiro atoms. The Kier molecular flexibility index (Phi) is 7.33. The number of piperidine rings is 1. The lowest BCUT2D eigenvalue weighted by Crippen LogP contribution is -2.45. The molecule has 0 atom stereocenters. The van der Waals surface area contributed by atoms with Crippen LogP contribution in [0.4, 0.5) is 4.39 Å². The third-order valence-electron chi connectivity index (χ3n) is 5.93. The van der Waals surface area contributed by atoms with Gasteiger partial charge >= 0.3 is 5.97 Å². The number of aryl methyl sites for hydroxylation is 1. The zero-order chi connectivity index (χ0) is 23.4. The van der Waals surface area contributed by atoms with Crippen LogP contribution in [0.3, 0.4) is 0 Å². The maximum atomic E-state index is 13.3. The highest BCUT2D eigenvalue weighted by Gasteiger charge is 2.29. The molecule has 172 valence electrons. The van der Waals surface area contributed by atoms with Crippen molar-refractivity contribution < 1.29 is 23.5 Å². The van der Waals surface area contributed by atoms with Crippen LogP contribution in [0.1, 0.15) is 41.5 Å². The van der Waals surface area contributed by atoms with Crippen molar-refractivity contribution in [3.63, 3.8) is 0 Å². The molecule has 1 aliphatic heterocycles. The standard InChI is InChI=1S/C24H30FN3O4/c1-5-32-24(31)18-10-12-27(13-11-18)22(29)15-26(4)23(30)21-14-16(2)28(17(21)3)20-8-6-19(25)7-9-20/h6-9,14,18H,5,10-13,15H2,1-4H3. The highest BCUT2D eigenvalue weighted by atomic mass is 19.1. The number of aromatic nitrogens is 1. The van der Waals surface area contributed by atoms with Crippen LogP contribution < -0.4 is 0 Å². The number of ether oxygens (including phenoxy) is 1. The van der Waals surface area contributed by atoms with E-state index in [1.807, 2.05) is 18.4 Å². The van der Waals surface area contributed by atoms with Gasteiger partial charge in [-0.2, -0.15) is 0 Å². The van der Waals surface area contributed by atoms with Gasteiger partial charge in [0, 0.05) is 37.2 Å². The molecular formula is C24H30FN3O4. The summed E-state index contributed by atoms with van der Waals surface area (Å²) in [7, 11) is 1.61. The highest BCUT2D eigenvalue weighted by Crippen LogP contribution is 2.23. The van der Waals surface area contributed by atoms with Gasteiger partial charge in [0.25, 0.3) is 5.91 Å². The van der Waals surface area contributed by atoms with Crippen LogP contribution in [0.15, 0.2) is 30.3 Å². The Labute approximate surface area is 187 Å². The first-order valence-electron chi connectivity index (χ1n) is 10.9. The van der Waals surface area contributed by atoms with Gasteiger partial charge in [0.05, 0.1) is 24.6 Å². The molecule has 0 radical (unpaired) electrons. The van der Waals surface area contributed by atoms with Crippen LogP contribution in [0.2, 0.25) is 0 Å². The number of carbonyl (C=O) groups is 3. The van der Waals surface area contributed by atoms with Gasteiger partial charge in [-0.3, -0.25) is 14.4 Å². The molecule has 1 saturated heterocycles. The van der Waals surface area contributed by atoms with Crippen molar-refractivity contribution in [3.05, 3.63) is 53.1 Å². The van der Waals surface area contributed by atoms with E-state index in [4.69, 9.17) is 4.74 Å². The second-order valence-corrected chi connectivity index (χ2v) is 8.16. The Morgan fingerprint density at radius 1 is 1.12 bits per heavy atom. The normalized spacial score (nSPS) is 14.3. The van der Waals surface area contributed by atoms with Crippen molar-refractivity contribution >= 4 is 17.8 Å². The molecule has 32 heavy (non-hydrogen) atoms. The Balaban J connectivity index is 1.64. The molecular weight excluding hydrogens is 413 g/mol. The topological polar surface area (TPSA) is 71.8 Å². The number of rotatable bonds is 6. The number of amides is 2. The number of hydrogen-bond donors (Lipinski definition) is 0. The molecule has 3 rings (SSSR count). The lowest BCUT2D eigenvalue weighted by atomic mass is 9.97. The molecule has 2 heterocycles. The van der Waals surface area contributed by atoms with Crippen molar-refractivity contribution in [1.29, 1.82) is 0 Å². The summed E-state index contributed by atoms with van der Waals surface area (Å²) in [5.74, 6) is -1.09. The van der Waals surface area contributed by atoms with Gasteiger partial charge in [0.2, 0.25) is 5.91 Å². The van der Waals surface area contributed by atoms with E-state index in [-0.39, 0.29) is 36.1 Å². The monoisotopic (exact) mass is 443 g/mol. The number of likely N-dealkylation sites (tertiary alicyclic amines) is 1. The number of likely N-dealkylation sites (N-methyl/N-ethyl adjacent to an activating group) is 1. The number of carbonyl (C=O) groups excluding carboxylic acids is 3. The predicted molar refractivity (Wildman–Crippen MR) is 118 cm³/mol. The Bertz CT molecular complexity index is 991. The van der Waals surface area contributed by atoms with Gasteiger partial charge in [-0.15, -0.1) is 0 Å². The number of halogens is 1. The zero-order valence-electron chi connectivity index (χ0n) is 19.1. The third-order valence-corrected chi connectivity index (χ3v) is 5.93. The summed E-state index contributed by atoms with van der Waals surface area (Å²) in [6, 6.07) is 7.87. The number of hydrogen-bond acceptors (Lipinski definition) is 4. The van der Waals surface area contributed by atoms with Crippen LogP contribution in [0.25, 0.3) is 5.69 Å². The van der Waals surface area contributed by atoms with Crippen molar-refractivity contribution in [3.8, 4) is 5.69 Å². The average Bonchev–Trinajstić information content (AvgIpc) is 3.08. The van der Waals surface area contributed by atoms with E-state index in [0.717, 1.165) is 17.1 Å². The first-order chi connectivity index (χ1) is 15.2. The van der Waals surface area contributed by atoms with Gasteiger partial charge < -0.3 is 19.1 Å². The molecule has 0 N–H and O–H groups in total. The molecule has 8 heteroatoms. The number of nitrogens with zero attached hydrogens (tertiary/aromatic N) is 3. The molecule has 2 amide bonds. The zero-order valence-corrected chi connectivity index (χ0v) is 19.1. The largest absolute Gasteiger partial charge is 0.466 e. The fourth-order valence-electron chi connectivity index (χ4n) is 4.17. The van der Waals surface area contributed by atoms with E-state index in [0.29, 0.717) is 38.1 Å². The van der Waals surface area contributed by atoms with Crippen LogP contribution in [0, 0.1) is 25.6 Å². The summed E-state index contributed by atoms with van der Waals surface area (Å²) in [4.78, 5) is 40.8. The summed E-state index contributed by atoms with van der Waals surface area (Å²) >= 11 is 0. The molecule has 1 aromatic carbocycles. The van der Waals surface area contributed by atoms with E-state index in [9.17, 15) is 18.8 Å². The summed E-state index contributed by atoms with van der Waals surface area (Å²) in [6.45, 7) is 6.76. The van der Waals surface area contributed by atoms with E-state index < -0.39 is 0 Å². The molecule has 1 aliphatic rings. The molecule has 0 saturated carbocycles. The smallest absolute Gasteiger partial charge is 0.309 e. The Hall–Kier alpha value is -3.16. The van der Waals surface area contributed by atoms with Gasteiger partial charge in [-0.05, 0) is 63.9 Å². The van der Waals surface area contributed by atoms with Crippen LogP contribution in [0.5, 0.6) is 0 Å². The molecule has 0 bridgehead atoms. The first kappa shape index (κ1) is 23.5. The minimum atomic E-state index is -0.322. The average molecular weight is 444 g/mol. The maximum Gasteiger partial charge on any atom is 0.309 e. The second-order valence-electron chi connectivity index (χ2n) is 8.16. The van der Waals surface area contributed by atoms with Crippen molar-refractivity contribution in [2.45, 2.75) is 33.6 Å². The molecule has 1 aromatic heterocycles. The fourth-order valence-corrected chi connectivity index (χ4v) is 4.17. The van der Waals surface area contributed by atoms with E-state index in [1.54, 1.807) is 37.1 Å². The third kappa shape index (κ3) is 5.00.